The maximum absolute atomic E-state index is 11.8. The van der Waals surface area contributed by atoms with Gasteiger partial charge in [-0.3, -0.25) is 4.79 Å². The Labute approximate surface area is 115 Å². The molecule has 0 saturated carbocycles. The maximum atomic E-state index is 11.8. The van der Waals surface area contributed by atoms with Crippen LogP contribution in [0.4, 0.5) is 0 Å². The number of methoxy groups -OCH3 is 1. The van der Waals surface area contributed by atoms with E-state index in [0.29, 0.717) is 18.7 Å². The first-order valence-corrected chi connectivity index (χ1v) is 6.67. The molecule has 18 heavy (non-hydrogen) atoms. The summed E-state index contributed by atoms with van der Waals surface area (Å²) in [7, 11) is 1.64. The fourth-order valence-electron chi connectivity index (χ4n) is 1.46. The molecule has 0 fully saturated rings. The predicted octanol–water partition coefficient (Wildman–Crippen LogP) is 2.23. The van der Waals surface area contributed by atoms with Crippen molar-refractivity contribution in [2.45, 2.75) is 18.2 Å². The molecular weight excluding hydrogens is 298 g/mol. The van der Waals surface area contributed by atoms with Gasteiger partial charge < -0.3 is 15.2 Å². The van der Waals surface area contributed by atoms with Crippen LogP contribution in [0.25, 0.3) is 0 Å². The Balaban J connectivity index is 2.43. The highest BCUT2D eigenvalue weighted by atomic mass is 79.9. The maximum Gasteiger partial charge on any atom is 0.251 e. The van der Waals surface area contributed by atoms with Crippen LogP contribution in [0.5, 0.6) is 5.75 Å². The lowest BCUT2D eigenvalue weighted by atomic mass is 10.1. The first-order chi connectivity index (χ1) is 8.54. The van der Waals surface area contributed by atoms with Crippen LogP contribution < -0.4 is 5.32 Å². The lowest BCUT2D eigenvalue weighted by Crippen LogP contribution is -2.26. The summed E-state index contributed by atoms with van der Waals surface area (Å²) in [4.78, 5) is 12.0. The summed E-state index contributed by atoms with van der Waals surface area (Å²) in [5.74, 6) is -0.0391. The van der Waals surface area contributed by atoms with Crippen molar-refractivity contribution >= 4 is 21.8 Å². The normalized spacial score (nSPS) is 12.2. The molecule has 2 N–H and O–H groups in total. The van der Waals surface area contributed by atoms with Gasteiger partial charge in [-0.25, -0.2) is 0 Å². The fraction of sp³-hybridized carbons (Fsp3) is 0.462. The molecule has 0 radical (unpaired) electrons. The van der Waals surface area contributed by atoms with Crippen LogP contribution in [0.2, 0.25) is 0 Å². The zero-order chi connectivity index (χ0) is 13.5. The van der Waals surface area contributed by atoms with Gasteiger partial charge in [0.15, 0.2) is 0 Å². The lowest BCUT2D eigenvalue weighted by molar-refractivity contribution is 0.0951. The zero-order valence-electron chi connectivity index (χ0n) is 10.6. The molecule has 1 amide bonds. The van der Waals surface area contributed by atoms with E-state index in [-0.39, 0.29) is 16.5 Å². The van der Waals surface area contributed by atoms with Crippen molar-refractivity contribution in [2.24, 2.45) is 0 Å². The number of amides is 1. The number of phenolic OH excluding ortho intramolecular Hbond substituents is 1. The number of carbonyl (C=O) groups excluding carboxylic acids is 1. The Morgan fingerprint density at radius 3 is 2.89 bits per heavy atom. The number of hydrogen-bond donors (Lipinski definition) is 2. The topological polar surface area (TPSA) is 58.6 Å². The molecule has 0 aliphatic heterocycles. The summed E-state index contributed by atoms with van der Waals surface area (Å²) in [5, 5.41) is 12.3. The minimum atomic E-state index is -0.178. The quantitative estimate of drug-likeness (QED) is 0.791. The summed E-state index contributed by atoms with van der Waals surface area (Å²) in [6.45, 7) is 2.96. The molecule has 0 aliphatic rings. The van der Waals surface area contributed by atoms with Crippen molar-refractivity contribution in [1.82, 2.24) is 5.32 Å². The van der Waals surface area contributed by atoms with Crippen LogP contribution >= 0.6 is 15.9 Å². The van der Waals surface area contributed by atoms with E-state index in [9.17, 15) is 9.90 Å². The van der Waals surface area contributed by atoms with Gasteiger partial charge in [0.1, 0.15) is 5.75 Å². The van der Waals surface area contributed by atoms with Crippen molar-refractivity contribution in [3.63, 3.8) is 0 Å². The number of ether oxygens (including phenoxy) is 1. The molecule has 0 saturated heterocycles. The van der Waals surface area contributed by atoms with E-state index in [1.165, 1.54) is 6.07 Å². The van der Waals surface area contributed by atoms with E-state index in [4.69, 9.17) is 4.74 Å². The molecule has 1 rings (SSSR count). The van der Waals surface area contributed by atoms with E-state index >= 15 is 0 Å². The molecule has 1 aromatic rings. The van der Waals surface area contributed by atoms with Gasteiger partial charge in [-0.05, 0) is 31.0 Å². The molecule has 0 spiro atoms. The molecule has 0 aromatic heterocycles. The highest BCUT2D eigenvalue weighted by Gasteiger charge is 2.08. The third-order valence-electron chi connectivity index (χ3n) is 2.56. The Kier molecular flexibility index (Phi) is 6.15. The van der Waals surface area contributed by atoms with Crippen molar-refractivity contribution in [3.05, 3.63) is 29.3 Å². The van der Waals surface area contributed by atoms with Crippen LogP contribution in [-0.2, 0) is 4.74 Å². The van der Waals surface area contributed by atoms with Gasteiger partial charge in [0.25, 0.3) is 5.91 Å². The third kappa shape index (κ3) is 4.66. The summed E-state index contributed by atoms with van der Waals surface area (Å²) >= 11 is 3.45. The molecular formula is C13H18BrNO3. The van der Waals surface area contributed by atoms with Crippen molar-refractivity contribution < 1.29 is 14.6 Å². The van der Waals surface area contributed by atoms with Crippen LogP contribution in [0.1, 0.15) is 22.3 Å². The minimum absolute atomic E-state index is 0.139. The predicted molar refractivity (Wildman–Crippen MR) is 74.4 cm³/mol. The molecule has 0 bridgehead atoms. The van der Waals surface area contributed by atoms with Crippen molar-refractivity contribution in [2.75, 3.05) is 20.3 Å². The second-order valence-electron chi connectivity index (χ2n) is 4.10. The molecule has 100 valence electrons. The van der Waals surface area contributed by atoms with E-state index < -0.39 is 0 Å². The van der Waals surface area contributed by atoms with Crippen LogP contribution in [-0.4, -0.2) is 36.1 Å². The molecule has 0 aliphatic carbocycles. The van der Waals surface area contributed by atoms with E-state index in [0.717, 1.165) is 12.0 Å². The second kappa shape index (κ2) is 7.38. The van der Waals surface area contributed by atoms with Crippen LogP contribution in [0.3, 0.4) is 0 Å². The highest BCUT2D eigenvalue weighted by molar-refractivity contribution is 9.09. The molecule has 1 unspecified atom stereocenters. The average molecular weight is 316 g/mol. The molecule has 1 atom stereocenters. The first-order valence-electron chi connectivity index (χ1n) is 5.75. The highest BCUT2D eigenvalue weighted by Crippen LogP contribution is 2.17. The zero-order valence-corrected chi connectivity index (χ0v) is 12.2. The molecule has 0 heterocycles. The number of nitrogens with one attached hydrogen (secondary N) is 1. The summed E-state index contributed by atoms with van der Waals surface area (Å²) in [5.41, 5.74) is 1.23. The lowest BCUT2D eigenvalue weighted by Gasteiger charge is -2.10. The largest absolute Gasteiger partial charge is 0.508 e. The Morgan fingerprint density at radius 1 is 1.56 bits per heavy atom. The number of carbonyl (C=O) groups is 1. The van der Waals surface area contributed by atoms with Gasteiger partial charge in [0.2, 0.25) is 0 Å². The Morgan fingerprint density at radius 2 is 2.28 bits per heavy atom. The Bertz CT molecular complexity index is 409. The van der Waals surface area contributed by atoms with E-state index in [1.54, 1.807) is 26.2 Å². The summed E-state index contributed by atoms with van der Waals surface area (Å²) < 4.78 is 4.98. The number of benzene rings is 1. The second-order valence-corrected chi connectivity index (χ2v) is 5.39. The first kappa shape index (κ1) is 15.0. The number of phenols is 1. The molecule has 5 heteroatoms. The number of hydrogen-bond acceptors (Lipinski definition) is 3. The van der Waals surface area contributed by atoms with Crippen molar-refractivity contribution in [3.8, 4) is 5.75 Å². The number of aromatic hydroxyl groups is 1. The van der Waals surface area contributed by atoms with Gasteiger partial charge in [0.05, 0.1) is 6.61 Å². The number of alkyl halides is 1. The third-order valence-corrected chi connectivity index (χ3v) is 3.28. The van der Waals surface area contributed by atoms with Crippen LogP contribution in [0.15, 0.2) is 18.2 Å². The number of rotatable bonds is 6. The molecule has 1 aromatic carbocycles. The van der Waals surface area contributed by atoms with Gasteiger partial charge >= 0.3 is 0 Å². The van der Waals surface area contributed by atoms with Crippen LogP contribution in [0, 0.1) is 6.92 Å². The average Bonchev–Trinajstić information content (AvgIpc) is 2.33. The molecule has 4 nitrogen and oxygen atoms in total. The van der Waals surface area contributed by atoms with Crippen molar-refractivity contribution in [1.29, 1.82) is 0 Å². The van der Waals surface area contributed by atoms with Gasteiger partial charge in [-0.15, -0.1) is 0 Å². The van der Waals surface area contributed by atoms with Gasteiger partial charge in [-0.2, -0.15) is 0 Å². The smallest absolute Gasteiger partial charge is 0.251 e. The monoisotopic (exact) mass is 315 g/mol. The summed E-state index contributed by atoms with van der Waals surface area (Å²) in [6.07, 6.45) is 0.789. The number of aryl methyl sites for hydroxylation is 1. The standard InChI is InChI=1S/C13H18BrNO3/c1-9-3-4-10(7-12(9)16)13(17)15-6-5-11(14)8-18-2/h3-4,7,11,16H,5-6,8H2,1-2H3,(H,15,17). The van der Waals surface area contributed by atoms with Gasteiger partial charge in [0, 0.05) is 24.0 Å². The van der Waals surface area contributed by atoms with E-state index in [2.05, 4.69) is 21.2 Å². The Hall–Kier alpha value is -1.07. The summed E-state index contributed by atoms with van der Waals surface area (Å²) in [6, 6.07) is 4.90. The van der Waals surface area contributed by atoms with Gasteiger partial charge in [-0.1, -0.05) is 22.0 Å². The minimum Gasteiger partial charge on any atom is -0.508 e. The number of halogens is 1. The van der Waals surface area contributed by atoms with E-state index in [1.807, 2.05) is 0 Å². The fourth-order valence-corrected chi connectivity index (χ4v) is 1.95. The SMILES string of the molecule is COCC(Br)CCNC(=O)c1ccc(C)c(O)c1.